The zero-order valence-corrected chi connectivity index (χ0v) is 19.6. The second-order valence-electron chi connectivity index (χ2n) is 11.3. The predicted octanol–water partition coefficient (Wildman–Crippen LogP) is 6.20. The van der Waals surface area contributed by atoms with Crippen molar-refractivity contribution in [1.82, 2.24) is 4.90 Å². The quantitative estimate of drug-likeness (QED) is 0.560. The topological polar surface area (TPSA) is 29.5 Å². The maximum absolute atomic E-state index is 12.4. The Kier molecular flexibility index (Phi) is 4.93. The number of hydrogen-bond donors (Lipinski definition) is 0. The molecule has 3 aliphatic carbocycles. The van der Waals surface area contributed by atoms with E-state index >= 15 is 0 Å². The van der Waals surface area contributed by atoms with Gasteiger partial charge in [0.2, 0.25) is 5.91 Å². The van der Waals surface area contributed by atoms with Gasteiger partial charge in [0.25, 0.3) is 0 Å². The van der Waals surface area contributed by atoms with Gasteiger partial charge in [-0.25, -0.2) is 0 Å². The zero-order chi connectivity index (χ0) is 21.3. The van der Waals surface area contributed by atoms with E-state index in [0.717, 1.165) is 49.7 Å². The summed E-state index contributed by atoms with van der Waals surface area (Å²) in [6.45, 7) is 7.47. The number of para-hydroxylation sites is 1. The van der Waals surface area contributed by atoms with E-state index in [9.17, 15) is 4.79 Å². The Morgan fingerprint density at radius 1 is 1.13 bits per heavy atom. The molecule has 164 valence electrons. The highest BCUT2D eigenvalue weighted by molar-refractivity contribution is 6.32. The van der Waals surface area contributed by atoms with E-state index in [0.29, 0.717) is 34.2 Å². The molecule has 8 atom stereocenters. The monoisotopic (exact) mass is 429 g/mol. The molecule has 0 spiro atoms. The Morgan fingerprint density at radius 3 is 2.67 bits per heavy atom. The van der Waals surface area contributed by atoms with E-state index < -0.39 is 0 Å². The standard InChI is InChI=1S/C26H36ClNO2/c1-16-13-22-26(3,12-10-23(29)28(22)4)18-9-11-25(2)15-17(14-19(25)24(16)18)30-21-8-6-5-7-20(21)27/h5-8,16-19,22,24H,9-15H2,1-4H3/t16-,17-,18-,19-,22+,24+,25+,26+/m0/s1. The van der Waals surface area contributed by atoms with Gasteiger partial charge in [-0.3, -0.25) is 4.79 Å². The summed E-state index contributed by atoms with van der Waals surface area (Å²) < 4.78 is 6.46. The summed E-state index contributed by atoms with van der Waals surface area (Å²) in [5, 5.41) is 0.715. The van der Waals surface area contributed by atoms with Crippen LogP contribution in [0.3, 0.4) is 0 Å². The third-order valence-electron chi connectivity index (χ3n) is 9.79. The maximum atomic E-state index is 12.4. The molecule has 3 nitrogen and oxygen atoms in total. The molecule has 0 radical (unpaired) electrons. The van der Waals surface area contributed by atoms with Gasteiger partial charge in [-0.1, -0.05) is 44.5 Å². The van der Waals surface area contributed by atoms with Crippen LogP contribution in [0.25, 0.3) is 0 Å². The number of fused-ring (bicyclic) bond motifs is 5. The summed E-state index contributed by atoms with van der Waals surface area (Å²) in [6.07, 6.45) is 8.07. The van der Waals surface area contributed by atoms with Gasteiger partial charge in [0.05, 0.1) is 11.1 Å². The van der Waals surface area contributed by atoms with Crippen molar-refractivity contribution in [2.75, 3.05) is 7.05 Å². The zero-order valence-electron chi connectivity index (χ0n) is 18.9. The minimum Gasteiger partial charge on any atom is -0.489 e. The van der Waals surface area contributed by atoms with Gasteiger partial charge in [0.15, 0.2) is 0 Å². The van der Waals surface area contributed by atoms with Crippen LogP contribution in [0.2, 0.25) is 5.02 Å². The van der Waals surface area contributed by atoms with Crippen LogP contribution in [0, 0.1) is 34.5 Å². The molecule has 4 heteroatoms. The number of hydrogen-bond acceptors (Lipinski definition) is 2. The van der Waals surface area contributed by atoms with E-state index in [4.69, 9.17) is 16.3 Å². The molecule has 5 rings (SSSR count). The van der Waals surface area contributed by atoms with Crippen molar-refractivity contribution < 1.29 is 9.53 Å². The second kappa shape index (κ2) is 7.15. The van der Waals surface area contributed by atoms with E-state index in [1.165, 1.54) is 12.8 Å². The van der Waals surface area contributed by atoms with Crippen LogP contribution in [-0.2, 0) is 4.79 Å². The lowest BCUT2D eigenvalue weighted by Crippen LogP contribution is -2.62. The Bertz CT molecular complexity index is 842. The first-order chi connectivity index (χ1) is 14.2. The first-order valence-electron chi connectivity index (χ1n) is 11.9. The SMILES string of the molecule is C[C@H]1C[C@H]2N(C)C(=O)CC[C@]2(C)[C@H]2CC[C@]3(C)C[C@@H](Oc4ccccc4Cl)C[C@H]3[C@H]12. The van der Waals surface area contributed by atoms with E-state index in [1.54, 1.807) is 0 Å². The van der Waals surface area contributed by atoms with Crippen molar-refractivity contribution in [3.63, 3.8) is 0 Å². The minimum atomic E-state index is 0.256. The second-order valence-corrected chi connectivity index (χ2v) is 11.7. The number of piperidine rings is 1. The van der Waals surface area contributed by atoms with Gasteiger partial charge in [0.1, 0.15) is 5.75 Å². The fourth-order valence-electron chi connectivity index (χ4n) is 8.27. The van der Waals surface area contributed by atoms with E-state index in [2.05, 4.69) is 25.7 Å². The molecule has 1 aliphatic heterocycles. The summed E-state index contributed by atoms with van der Waals surface area (Å²) in [5.41, 5.74) is 0.629. The van der Waals surface area contributed by atoms with Crippen molar-refractivity contribution in [1.29, 1.82) is 0 Å². The molecule has 0 unspecified atom stereocenters. The fraction of sp³-hybridized carbons (Fsp3) is 0.731. The fourth-order valence-corrected chi connectivity index (χ4v) is 8.45. The van der Waals surface area contributed by atoms with Crippen LogP contribution in [0.1, 0.15) is 65.7 Å². The number of nitrogens with zero attached hydrogens (tertiary/aromatic N) is 1. The van der Waals surface area contributed by atoms with Crippen molar-refractivity contribution in [2.45, 2.75) is 77.9 Å². The lowest BCUT2D eigenvalue weighted by Gasteiger charge is -2.63. The van der Waals surface area contributed by atoms with Crippen LogP contribution in [0.5, 0.6) is 5.75 Å². The van der Waals surface area contributed by atoms with Gasteiger partial charge in [0, 0.05) is 19.5 Å². The maximum Gasteiger partial charge on any atom is 0.222 e. The Morgan fingerprint density at radius 2 is 1.90 bits per heavy atom. The molecule has 0 aromatic heterocycles. The molecule has 1 aromatic rings. The van der Waals surface area contributed by atoms with Crippen molar-refractivity contribution >= 4 is 17.5 Å². The van der Waals surface area contributed by atoms with Crippen LogP contribution in [-0.4, -0.2) is 30.0 Å². The number of halogens is 1. The number of carbonyl (C=O) groups is 1. The molecular weight excluding hydrogens is 394 g/mol. The van der Waals surface area contributed by atoms with Crippen LogP contribution in [0.15, 0.2) is 24.3 Å². The molecule has 4 aliphatic rings. The minimum absolute atomic E-state index is 0.256. The molecule has 1 amide bonds. The molecule has 1 saturated heterocycles. The number of ether oxygens (including phenoxy) is 1. The molecule has 3 saturated carbocycles. The van der Waals surface area contributed by atoms with Gasteiger partial charge in [-0.05, 0) is 85.2 Å². The molecule has 1 heterocycles. The van der Waals surface area contributed by atoms with Crippen LogP contribution in [0.4, 0.5) is 0 Å². The predicted molar refractivity (Wildman–Crippen MR) is 121 cm³/mol. The lowest BCUT2D eigenvalue weighted by molar-refractivity contribution is -0.164. The highest BCUT2D eigenvalue weighted by Crippen LogP contribution is 2.66. The van der Waals surface area contributed by atoms with Crippen LogP contribution >= 0.6 is 11.6 Å². The largest absolute Gasteiger partial charge is 0.489 e. The lowest BCUT2D eigenvalue weighted by atomic mass is 9.45. The van der Waals surface area contributed by atoms with Gasteiger partial charge < -0.3 is 9.64 Å². The summed E-state index contributed by atoms with van der Waals surface area (Å²) in [5.74, 6) is 4.01. The smallest absolute Gasteiger partial charge is 0.222 e. The molecule has 0 bridgehead atoms. The van der Waals surface area contributed by atoms with Crippen molar-refractivity contribution in [3.05, 3.63) is 29.3 Å². The molecule has 4 fully saturated rings. The third kappa shape index (κ3) is 3.02. The summed E-state index contributed by atoms with van der Waals surface area (Å²) in [6, 6.07) is 8.30. The summed E-state index contributed by atoms with van der Waals surface area (Å²) >= 11 is 6.39. The van der Waals surface area contributed by atoms with Crippen LogP contribution < -0.4 is 4.74 Å². The first-order valence-corrected chi connectivity index (χ1v) is 12.3. The van der Waals surface area contributed by atoms with E-state index in [1.807, 2.05) is 31.3 Å². The Labute approximate surface area is 186 Å². The molecule has 1 aromatic carbocycles. The van der Waals surface area contributed by atoms with Gasteiger partial charge in [-0.2, -0.15) is 0 Å². The number of benzene rings is 1. The molecule has 30 heavy (non-hydrogen) atoms. The number of amides is 1. The third-order valence-corrected chi connectivity index (χ3v) is 10.1. The first kappa shape index (κ1) is 20.7. The highest BCUT2D eigenvalue weighted by Gasteiger charge is 2.62. The average Bonchev–Trinajstić information content (AvgIpc) is 3.04. The summed E-state index contributed by atoms with van der Waals surface area (Å²) in [4.78, 5) is 14.5. The van der Waals surface area contributed by atoms with Gasteiger partial charge >= 0.3 is 0 Å². The number of rotatable bonds is 2. The normalized spacial score (nSPS) is 45.5. The Hall–Kier alpha value is -1.22. The van der Waals surface area contributed by atoms with Crippen molar-refractivity contribution in [2.24, 2.45) is 34.5 Å². The Balaban J connectivity index is 1.41. The molecular formula is C26H36ClNO2. The highest BCUT2D eigenvalue weighted by atomic mass is 35.5. The number of likely N-dealkylation sites (tertiary alicyclic amines) is 1. The van der Waals surface area contributed by atoms with Crippen molar-refractivity contribution in [3.8, 4) is 5.75 Å². The van der Waals surface area contributed by atoms with Gasteiger partial charge in [-0.15, -0.1) is 0 Å². The number of carbonyl (C=O) groups excluding carboxylic acids is 1. The average molecular weight is 430 g/mol. The summed E-state index contributed by atoms with van der Waals surface area (Å²) in [7, 11) is 2.05. The molecule has 0 N–H and O–H groups in total. The van der Waals surface area contributed by atoms with E-state index in [-0.39, 0.29) is 11.5 Å².